The molecule has 0 saturated heterocycles. The van der Waals surface area contributed by atoms with Crippen LogP contribution in [0.2, 0.25) is 0 Å². The van der Waals surface area contributed by atoms with Gasteiger partial charge in [0, 0.05) is 0 Å². The van der Waals surface area contributed by atoms with Crippen LogP contribution in [-0.4, -0.2) is 47.6 Å². The summed E-state index contributed by atoms with van der Waals surface area (Å²) in [5.41, 5.74) is 0. The number of aliphatic hydroxyl groups is 2. The molecule has 0 aromatic heterocycles. The van der Waals surface area contributed by atoms with Crippen LogP contribution in [0.15, 0.2) is 0 Å². The largest absolute Gasteiger partial charge is 0.464 e. The predicted molar refractivity (Wildman–Crippen MR) is 54.5 cm³/mol. The number of hydrogen-bond donors (Lipinski definition) is 2. The van der Waals surface area contributed by atoms with Crippen molar-refractivity contribution >= 4 is 11.9 Å². The number of carbonyl (C=O) groups is 2. The second-order valence-corrected chi connectivity index (χ2v) is 3.22. The maximum Gasteiger partial charge on any atom is 0.338 e. The van der Waals surface area contributed by atoms with Crippen LogP contribution < -0.4 is 0 Å². The molecular weight excluding hydrogens is 216 g/mol. The minimum atomic E-state index is -1.89. The lowest BCUT2D eigenvalue weighted by molar-refractivity contribution is -0.173. The molecule has 0 saturated carbocycles. The molecule has 0 aliphatic heterocycles. The van der Waals surface area contributed by atoms with Gasteiger partial charge in [0.2, 0.25) is 0 Å². The number of carbonyl (C=O) groups excluding carboxylic acids is 2. The average molecular weight is 234 g/mol. The lowest BCUT2D eigenvalue weighted by atomic mass is 10.2. The summed E-state index contributed by atoms with van der Waals surface area (Å²) in [7, 11) is 0. The van der Waals surface area contributed by atoms with Crippen molar-refractivity contribution < 1.29 is 29.3 Å². The third kappa shape index (κ3) is 5.09. The van der Waals surface area contributed by atoms with E-state index in [2.05, 4.69) is 9.47 Å². The van der Waals surface area contributed by atoms with Crippen molar-refractivity contribution in [1.29, 1.82) is 0 Å². The first kappa shape index (κ1) is 14.9. The predicted octanol–water partition coefficient (Wildman–Crippen LogP) is -0.385. The van der Waals surface area contributed by atoms with E-state index in [0.717, 1.165) is 0 Å². The lowest BCUT2D eigenvalue weighted by Gasteiger charge is -2.15. The summed E-state index contributed by atoms with van der Waals surface area (Å²) in [6.45, 7) is 3.83. The van der Waals surface area contributed by atoms with Crippen molar-refractivity contribution in [1.82, 2.24) is 0 Å². The van der Waals surface area contributed by atoms with Crippen molar-refractivity contribution in [3.05, 3.63) is 0 Å². The summed E-state index contributed by atoms with van der Waals surface area (Å²) < 4.78 is 9.14. The molecule has 94 valence electrons. The van der Waals surface area contributed by atoms with Crippen LogP contribution in [0.3, 0.4) is 0 Å². The average Bonchev–Trinajstić information content (AvgIpc) is 2.30. The molecule has 0 rings (SSSR count). The molecule has 0 radical (unpaired) electrons. The van der Waals surface area contributed by atoms with Crippen LogP contribution in [0.5, 0.6) is 0 Å². The summed E-state index contributed by atoms with van der Waals surface area (Å²) in [6, 6.07) is 0. The molecule has 0 heterocycles. The molecular formula is C10H18O6. The molecule has 0 spiro atoms. The van der Waals surface area contributed by atoms with Crippen LogP contribution in [0.1, 0.15) is 26.7 Å². The van der Waals surface area contributed by atoms with Crippen molar-refractivity contribution in [2.24, 2.45) is 0 Å². The van der Waals surface area contributed by atoms with Crippen LogP contribution in [-0.2, 0) is 19.1 Å². The third-order valence-electron chi connectivity index (χ3n) is 1.68. The molecule has 0 aliphatic carbocycles. The van der Waals surface area contributed by atoms with Gasteiger partial charge in [0.15, 0.2) is 12.2 Å². The first-order chi connectivity index (χ1) is 7.54. The Morgan fingerprint density at radius 2 is 1.25 bits per heavy atom. The third-order valence-corrected chi connectivity index (χ3v) is 1.68. The van der Waals surface area contributed by atoms with E-state index in [9.17, 15) is 19.8 Å². The van der Waals surface area contributed by atoms with Gasteiger partial charge in [-0.1, -0.05) is 13.8 Å². The molecule has 2 atom stereocenters. The molecule has 0 fully saturated rings. The Hall–Kier alpha value is -1.14. The molecule has 0 bridgehead atoms. The topological polar surface area (TPSA) is 93.1 Å². The number of aliphatic hydroxyl groups excluding tert-OH is 2. The summed E-state index contributed by atoms with van der Waals surface area (Å²) in [6.07, 6.45) is -2.60. The van der Waals surface area contributed by atoms with E-state index in [-0.39, 0.29) is 13.2 Å². The van der Waals surface area contributed by atoms with Gasteiger partial charge in [0.25, 0.3) is 0 Å². The lowest BCUT2D eigenvalue weighted by Crippen LogP contribution is -2.41. The fourth-order valence-corrected chi connectivity index (χ4v) is 0.834. The number of rotatable bonds is 7. The summed E-state index contributed by atoms with van der Waals surface area (Å²) in [5, 5.41) is 18.5. The van der Waals surface area contributed by atoms with Crippen LogP contribution in [0.4, 0.5) is 0 Å². The molecule has 16 heavy (non-hydrogen) atoms. The molecule has 0 aliphatic rings. The highest BCUT2D eigenvalue weighted by Crippen LogP contribution is 2.00. The van der Waals surface area contributed by atoms with Gasteiger partial charge in [-0.2, -0.15) is 0 Å². The minimum Gasteiger partial charge on any atom is -0.464 e. The summed E-state index contributed by atoms with van der Waals surface area (Å²) in [5.74, 6) is -2.05. The van der Waals surface area contributed by atoms with E-state index in [1.807, 2.05) is 0 Å². The zero-order valence-electron chi connectivity index (χ0n) is 9.51. The van der Waals surface area contributed by atoms with E-state index in [0.29, 0.717) is 12.8 Å². The SMILES string of the molecule is CCCOC(=O)C(O)C(O)C(=O)OCCC. The zero-order valence-corrected chi connectivity index (χ0v) is 9.51. The summed E-state index contributed by atoms with van der Waals surface area (Å²) >= 11 is 0. The van der Waals surface area contributed by atoms with Crippen LogP contribution in [0.25, 0.3) is 0 Å². The molecule has 6 heteroatoms. The van der Waals surface area contributed by atoms with Crippen molar-refractivity contribution in [3.8, 4) is 0 Å². The Bertz CT molecular complexity index is 203. The van der Waals surface area contributed by atoms with Gasteiger partial charge in [0.1, 0.15) is 0 Å². The zero-order chi connectivity index (χ0) is 12.6. The van der Waals surface area contributed by atoms with Gasteiger partial charge in [-0.25, -0.2) is 9.59 Å². The second-order valence-electron chi connectivity index (χ2n) is 3.22. The van der Waals surface area contributed by atoms with Crippen molar-refractivity contribution in [2.75, 3.05) is 13.2 Å². The van der Waals surface area contributed by atoms with Crippen molar-refractivity contribution in [2.45, 2.75) is 38.9 Å². The van der Waals surface area contributed by atoms with E-state index in [1.165, 1.54) is 0 Å². The first-order valence-corrected chi connectivity index (χ1v) is 5.24. The molecule has 2 unspecified atom stereocenters. The van der Waals surface area contributed by atoms with E-state index in [1.54, 1.807) is 13.8 Å². The van der Waals surface area contributed by atoms with E-state index in [4.69, 9.17) is 0 Å². The molecule has 2 N–H and O–H groups in total. The van der Waals surface area contributed by atoms with Crippen LogP contribution in [0, 0.1) is 0 Å². The van der Waals surface area contributed by atoms with Gasteiger partial charge in [-0.15, -0.1) is 0 Å². The molecule has 0 aromatic carbocycles. The van der Waals surface area contributed by atoms with Gasteiger partial charge in [-0.05, 0) is 12.8 Å². The Morgan fingerprint density at radius 1 is 0.938 bits per heavy atom. The first-order valence-electron chi connectivity index (χ1n) is 5.24. The van der Waals surface area contributed by atoms with Gasteiger partial charge < -0.3 is 19.7 Å². The normalized spacial score (nSPS) is 14.0. The van der Waals surface area contributed by atoms with E-state index >= 15 is 0 Å². The molecule has 0 amide bonds. The highest BCUT2D eigenvalue weighted by atomic mass is 16.6. The number of hydrogen-bond acceptors (Lipinski definition) is 6. The highest BCUT2D eigenvalue weighted by molar-refractivity contribution is 5.85. The Kier molecular flexibility index (Phi) is 7.49. The number of esters is 2. The quantitative estimate of drug-likeness (QED) is 0.583. The molecule has 0 aromatic rings. The maximum atomic E-state index is 11.1. The van der Waals surface area contributed by atoms with Gasteiger partial charge in [-0.3, -0.25) is 0 Å². The Balaban J connectivity index is 4.09. The standard InChI is InChI=1S/C10H18O6/c1-3-5-15-9(13)7(11)8(12)10(14)16-6-4-2/h7-8,11-12H,3-6H2,1-2H3. The van der Waals surface area contributed by atoms with Crippen LogP contribution >= 0.6 is 0 Å². The van der Waals surface area contributed by atoms with Crippen molar-refractivity contribution in [3.63, 3.8) is 0 Å². The smallest absolute Gasteiger partial charge is 0.338 e. The minimum absolute atomic E-state index is 0.132. The second kappa shape index (κ2) is 8.06. The fraction of sp³-hybridized carbons (Fsp3) is 0.800. The Labute approximate surface area is 94.2 Å². The van der Waals surface area contributed by atoms with Gasteiger partial charge >= 0.3 is 11.9 Å². The number of ether oxygens (including phenoxy) is 2. The Morgan fingerprint density at radius 3 is 1.50 bits per heavy atom. The monoisotopic (exact) mass is 234 g/mol. The maximum absolute atomic E-state index is 11.1. The van der Waals surface area contributed by atoms with E-state index < -0.39 is 24.1 Å². The fourth-order valence-electron chi connectivity index (χ4n) is 0.834. The summed E-state index contributed by atoms with van der Waals surface area (Å²) in [4.78, 5) is 22.2. The van der Waals surface area contributed by atoms with Gasteiger partial charge in [0.05, 0.1) is 13.2 Å². The molecule has 6 nitrogen and oxygen atoms in total. The highest BCUT2D eigenvalue weighted by Gasteiger charge is 2.32.